The van der Waals surface area contributed by atoms with E-state index < -0.39 is 22.0 Å². The fraction of sp³-hybridized carbons (Fsp3) is 0.300. The van der Waals surface area contributed by atoms with Crippen LogP contribution in [0.4, 0.5) is 0 Å². The van der Waals surface area contributed by atoms with E-state index in [-0.39, 0.29) is 17.0 Å². The largest absolute Gasteiger partial charge is 0.392 e. The summed E-state index contributed by atoms with van der Waals surface area (Å²) < 4.78 is 25.7. The number of nitrogens with one attached hydrogen (secondary N) is 1. The molecule has 0 fully saturated rings. The van der Waals surface area contributed by atoms with Gasteiger partial charge in [0.1, 0.15) is 0 Å². The third kappa shape index (κ3) is 3.81. The summed E-state index contributed by atoms with van der Waals surface area (Å²) >= 11 is 0. The van der Waals surface area contributed by atoms with E-state index in [0.29, 0.717) is 0 Å². The highest BCUT2D eigenvalue weighted by molar-refractivity contribution is 7.89. The minimum Gasteiger partial charge on any atom is -0.392 e. The molecule has 1 amide bonds. The van der Waals surface area contributed by atoms with Gasteiger partial charge in [-0.1, -0.05) is 6.07 Å². The van der Waals surface area contributed by atoms with Gasteiger partial charge in [0.05, 0.1) is 11.0 Å². The molecule has 0 radical (unpaired) electrons. The lowest BCUT2D eigenvalue weighted by molar-refractivity contribution is 0.1000. The molecule has 1 aromatic rings. The molecule has 4 N–H and O–H groups in total. The Morgan fingerprint density at radius 2 is 2.18 bits per heavy atom. The van der Waals surface area contributed by atoms with Gasteiger partial charge in [-0.25, -0.2) is 13.1 Å². The summed E-state index contributed by atoms with van der Waals surface area (Å²) in [4.78, 5) is 10.9. The molecule has 0 bridgehead atoms. The van der Waals surface area contributed by atoms with Crippen LogP contribution in [0.25, 0.3) is 0 Å². The molecule has 1 atom stereocenters. The summed E-state index contributed by atoms with van der Waals surface area (Å²) in [6.45, 7) is 1.37. The highest BCUT2D eigenvalue weighted by Gasteiger charge is 2.15. The maximum atomic E-state index is 11.7. The molecule has 0 spiro atoms. The molecule has 0 aromatic heterocycles. The van der Waals surface area contributed by atoms with Gasteiger partial charge in [-0.3, -0.25) is 4.79 Å². The van der Waals surface area contributed by atoms with Gasteiger partial charge in [0, 0.05) is 12.1 Å². The third-order valence-electron chi connectivity index (χ3n) is 2.00. The van der Waals surface area contributed by atoms with Gasteiger partial charge in [-0.2, -0.15) is 0 Å². The first-order valence-corrected chi connectivity index (χ1v) is 6.39. The van der Waals surface area contributed by atoms with Crippen molar-refractivity contribution in [2.24, 2.45) is 5.73 Å². The van der Waals surface area contributed by atoms with Crippen LogP contribution in [0.5, 0.6) is 0 Å². The molecule has 0 aliphatic rings. The Morgan fingerprint density at radius 3 is 2.71 bits per heavy atom. The molecule has 0 aliphatic carbocycles. The van der Waals surface area contributed by atoms with Crippen molar-refractivity contribution in [3.05, 3.63) is 29.8 Å². The second-order valence-electron chi connectivity index (χ2n) is 3.59. The van der Waals surface area contributed by atoms with Crippen LogP contribution >= 0.6 is 0 Å². The molecule has 0 saturated carbocycles. The van der Waals surface area contributed by atoms with Gasteiger partial charge < -0.3 is 10.8 Å². The van der Waals surface area contributed by atoms with Crippen LogP contribution in [0, 0.1) is 0 Å². The summed E-state index contributed by atoms with van der Waals surface area (Å²) in [6.07, 6.45) is -0.788. The number of nitrogens with two attached hydrogens (primary N) is 1. The van der Waals surface area contributed by atoms with Gasteiger partial charge in [0.25, 0.3) is 0 Å². The number of carbonyl (C=O) groups is 1. The molecular formula is C10H14N2O4S. The minimum atomic E-state index is -3.73. The van der Waals surface area contributed by atoms with Crippen molar-refractivity contribution in [3.8, 4) is 0 Å². The highest BCUT2D eigenvalue weighted by Crippen LogP contribution is 2.10. The van der Waals surface area contributed by atoms with E-state index in [2.05, 4.69) is 4.72 Å². The van der Waals surface area contributed by atoms with E-state index in [4.69, 9.17) is 10.8 Å². The smallest absolute Gasteiger partial charge is 0.248 e. The Balaban J connectivity index is 2.99. The Bertz CT molecular complexity index is 511. The lowest BCUT2D eigenvalue weighted by Gasteiger charge is -2.08. The van der Waals surface area contributed by atoms with Crippen molar-refractivity contribution in [2.45, 2.75) is 17.9 Å². The number of sulfonamides is 1. The predicted molar refractivity (Wildman–Crippen MR) is 61.8 cm³/mol. The Morgan fingerprint density at radius 1 is 1.53 bits per heavy atom. The van der Waals surface area contributed by atoms with Crippen LogP contribution in [-0.4, -0.2) is 32.1 Å². The van der Waals surface area contributed by atoms with Crippen molar-refractivity contribution in [3.63, 3.8) is 0 Å². The van der Waals surface area contributed by atoms with Gasteiger partial charge in [-0.15, -0.1) is 0 Å². The van der Waals surface area contributed by atoms with Crippen molar-refractivity contribution in [1.29, 1.82) is 0 Å². The first-order chi connectivity index (χ1) is 7.83. The minimum absolute atomic E-state index is 0.0607. The molecular weight excluding hydrogens is 244 g/mol. The Kier molecular flexibility index (Phi) is 4.22. The normalized spacial score (nSPS) is 13.3. The Hall–Kier alpha value is -1.44. The van der Waals surface area contributed by atoms with Crippen LogP contribution in [0.15, 0.2) is 29.2 Å². The zero-order valence-corrected chi connectivity index (χ0v) is 10.1. The highest BCUT2D eigenvalue weighted by atomic mass is 32.2. The van der Waals surface area contributed by atoms with Crippen molar-refractivity contribution >= 4 is 15.9 Å². The number of primary amides is 1. The van der Waals surface area contributed by atoms with E-state index >= 15 is 0 Å². The topological polar surface area (TPSA) is 109 Å². The van der Waals surface area contributed by atoms with E-state index in [9.17, 15) is 13.2 Å². The van der Waals surface area contributed by atoms with Gasteiger partial charge in [-0.05, 0) is 25.1 Å². The Labute approximate surface area is 99.5 Å². The second kappa shape index (κ2) is 5.26. The van der Waals surface area contributed by atoms with Crippen molar-refractivity contribution in [2.75, 3.05) is 6.54 Å². The first-order valence-electron chi connectivity index (χ1n) is 4.90. The zero-order chi connectivity index (χ0) is 13.1. The lowest BCUT2D eigenvalue weighted by Crippen LogP contribution is -2.30. The molecule has 1 aromatic carbocycles. The van der Waals surface area contributed by atoms with Crippen LogP contribution in [-0.2, 0) is 10.0 Å². The summed E-state index contributed by atoms with van der Waals surface area (Å²) in [6, 6.07) is 5.39. The standard InChI is InChI=1S/C10H14N2O4S/c1-7(13)6-12-17(15,16)9-4-2-3-8(5-9)10(11)14/h2-5,7,12-13H,6H2,1H3,(H2,11,14). The average molecular weight is 258 g/mol. The van der Waals surface area contributed by atoms with Crippen molar-refractivity contribution in [1.82, 2.24) is 4.72 Å². The molecule has 7 heteroatoms. The summed E-state index contributed by atoms with van der Waals surface area (Å²) in [5, 5.41) is 9.00. The molecule has 0 saturated heterocycles. The van der Waals surface area contributed by atoms with E-state index in [1.165, 1.54) is 31.2 Å². The number of amides is 1. The number of hydrogen-bond donors (Lipinski definition) is 3. The van der Waals surface area contributed by atoms with E-state index in [1.807, 2.05) is 0 Å². The maximum Gasteiger partial charge on any atom is 0.248 e. The second-order valence-corrected chi connectivity index (χ2v) is 5.36. The quantitative estimate of drug-likeness (QED) is 0.658. The fourth-order valence-corrected chi connectivity index (χ4v) is 2.30. The van der Waals surface area contributed by atoms with Crippen LogP contribution in [0.2, 0.25) is 0 Å². The number of benzene rings is 1. The predicted octanol–water partition coefficient (Wildman–Crippen LogP) is -0.555. The van der Waals surface area contributed by atoms with Gasteiger partial charge >= 0.3 is 0 Å². The van der Waals surface area contributed by atoms with Crippen molar-refractivity contribution < 1.29 is 18.3 Å². The van der Waals surface area contributed by atoms with E-state index in [0.717, 1.165) is 0 Å². The van der Waals surface area contributed by atoms with Gasteiger partial charge in [0.2, 0.25) is 15.9 Å². The lowest BCUT2D eigenvalue weighted by atomic mass is 10.2. The summed E-state index contributed by atoms with van der Waals surface area (Å²) in [5.74, 6) is -0.697. The third-order valence-corrected chi connectivity index (χ3v) is 3.42. The van der Waals surface area contributed by atoms with Crippen LogP contribution < -0.4 is 10.5 Å². The fourth-order valence-electron chi connectivity index (χ4n) is 1.13. The molecule has 6 nitrogen and oxygen atoms in total. The SMILES string of the molecule is CC(O)CNS(=O)(=O)c1cccc(C(N)=O)c1. The monoisotopic (exact) mass is 258 g/mol. The number of aliphatic hydroxyl groups is 1. The molecule has 17 heavy (non-hydrogen) atoms. The van der Waals surface area contributed by atoms with Crippen LogP contribution in [0.3, 0.4) is 0 Å². The molecule has 0 aliphatic heterocycles. The molecule has 1 unspecified atom stereocenters. The van der Waals surface area contributed by atoms with Crippen LogP contribution in [0.1, 0.15) is 17.3 Å². The summed E-state index contributed by atoms with van der Waals surface area (Å²) in [5.41, 5.74) is 5.17. The van der Waals surface area contributed by atoms with Gasteiger partial charge in [0.15, 0.2) is 0 Å². The number of aliphatic hydroxyl groups excluding tert-OH is 1. The maximum absolute atomic E-state index is 11.7. The zero-order valence-electron chi connectivity index (χ0n) is 9.25. The molecule has 94 valence electrons. The number of carbonyl (C=O) groups excluding carboxylic acids is 1. The first kappa shape index (κ1) is 13.6. The molecule has 1 rings (SSSR count). The summed E-state index contributed by atoms with van der Waals surface area (Å²) in [7, 11) is -3.73. The number of rotatable bonds is 5. The number of hydrogen-bond acceptors (Lipinski definition) is 4. The average Bonchev–Trinajstić information content (AvgIpc) is 2.27. The molecule has 0 heterocycles. The van der Waals surface area contributed by atoms with E-state index in [1.54, 1.807) is 0 Å².